The SMILES string of the molecule is CC(C)(C)[C](c1cc(CCO)cc(Cl)c1Cl)C1CC1. The molecule has 0 aliphatic heterocycles. The fourth-order valence-corrected chi connectivity index (χ4v) is 3.18. The van der Waals surface area contributed by atoms with Crippen molar-refractivity contribution in [3.8, 4) is 0 Å². The van der Waals surface area contributed by atoms with Gasteiger partial charge in [0.25, 0.3) is 0 Å². The molecule has 1 N–H and O–H groups in total. The Morgan fingerprint density at radius 1 is 1.26 bits per heavy atom. The lowest BCUT2D eigenvalue weighted by atomic mass is 9.73. The van der Waals surface area contributed by atoms with Gasteiger partial charge in [-0.25, -0.2) is 0 Å². The van der Waals surface area contributed by atoms with Crippen molar-refractivity contribution in [2.24, 2.45) is 11.3 Å². The average molecular weight is 300 g/mol. The van der Waals surface area contributed by atoms with E-state index in [9.17, 15) is 0 Å². The summed E-state index contributed by atoms with van der Waals surface area (Å²) >= 11 is 12.7. The highest BCUT2D eigenvalue weighted by Gasteiger charge is 2.41. The van der Waals surface area contributed by atoms with Gasteiger partial charge in [-0.05, 0) is 47.8 Å². The van der Waals surface area contributed by atoms with E-state index in [1.165, 1.54) is 18.8 Å². The van der Waals surface area contributed by atoms with E-state index in [0.717, 1.165) is 11.1 Å². The van der Waals surface area contributed by atoms with E-state index in [0.29, 0.717) is 22.4 Å². The van der Waals surface area contributed by atoms with Crippen molar-refractivity contribution in [1.29, 1.82) is 0 Å². The van der Waals surface area contributed by atoms with Crippen LogP contribution in [0.5, 0.6) is 0 Å². The Morgan fingerprint density at radius 3 is 2.37 bits per heavy atom. The Hall–Kier alpha value is -0.240. The van der Waals surface area contributed by atoms with Crippen molar-refractivity contribution in [2.45, 2.75) is 40.0 Å². The summed E-state index contributed by atoms with van der Waals surface area (Å²) in [6.45, 7) is 6.81. The second-order valence-corrected chi connectivity index (χ2v) is 7.14. The minimum absolute atomic E-state index is 0.0893. The molecule has 0 spiro atoms. The van der Waals surface area contributed by atoms with Gasteiger partial charge < -0.3 is 5.11 Å². The molecule has 0 saturated heterocycles. The molecule has 1 saturated carbocycles. The number of halogens is 2. The summed E-state index contributed by atoms with van der Waals surface area (Å²) in [7, 11) is 0. The van der Waals surface area contributed by atoms with Crippen LogP contribution in [0.1, 0.15) is 44.7 Å². The van der Waals surface area contributed by atoms with Gasteiger partial charge in [-0.15, -0.1) is 0 Å². The first-order valence-electron chi connectivity index (χ1n) is 6.81. The highest BCUT2D eigenvalue weighted by atomic mass is 35.5. The maximum absolute atomic E-state index is 9.11. The number of rotatable bonds is 4. The minimum atomic E-state index is 0.0893. The second-order valence-electron chi connectivity index (χ2n) is 6.35. The standard InChI is InChI=1S/C16H21Cl2O/c1-16(2,3)14(11-4-5-11)12-8-10(6-7-19)9-13(17)15(12)18/h8-9,11,19H,4-7H2,1-3H3. The van der Waals surface area contributed by atoms with E-state index >= 15 is 0 Å². The summed E-state index contributed by atoms with van der Waals surface area (Å²) < 4.78 is 0. The van der Waals surface area contributed by atoms with Gasteiger partial charge in [0.2, 0.25) is 0 Å². The van der Waals surface area contributed by atoms with Crippen LogP contribution >= 0.6 is 23.2 Å². The molecule has 105 valence electrons. The van der Waals surface area contributed by atoms with Crippen LogP contribution < -0.4 is 0 Å². The number of benzene rings is 1. The molecule has 1 aromatic carbocycles. The summed E-state index contributed by atoms with van der Waals surface area (Å²) in [6, 6.07) is 3.96. The second kappa shape index (κ2) is 5.63. The molecule has 19 heavy (non-hydrogen) atoms. The van der Waals surface area contributed by atoms with Crippen LogP contribution in [-0.2, 0) is 6.42 Å². The van der Waals surface area contributed by atoms with E-state index < -0.39 is 0 Å². The molecular formula is C16H21Cl2O. The number of aliphatic hydroxyl groups excluding tert-OH is 1. The molecule has 0 aromatic heterocycles. The number of hydrogen-bond donors (Lipinski definition) is 1. The van der Waals surface area contributed by atoms with Gasteiger partial charge in [-0.3, -0.25) is 0 Å². The molecule has 0 unspecified atom stereocenters. The minimum Gasteiger partial charge on any atom is -0.396 e. The van der Waals surface area contributed by atoms with Gasteiger partial charge in [0.15, 0.2) is 0 Å². The smallest absolute Gasteiger partial charge is 0.0630 e. The lowest BCUT2D eigenvalue weighted by molar-refractivity contribution is 0.299. The maximum atomic E-state index is 9.11. The molecule has 1 aliphatic carbocycles. The maximum Gasteiger partial charge on any atom is 0.0630 e. The topological polar surface area (TPSA) is 20.2 Å². The van der Waals surface area contributed by atoms with Crippen LogP contribution in [0.4, 0.5) is 0 Å². The number of aliphatic hydroxyl groups is 1. The fraction of sp³-hybridized carbons (Fsp3) is 0.562. The highest BCUT2D eigenvalue weighted by Crippen LogP contribution is 2.53. The predicted octanol–water partition coefficient (Wildman–Crippen LogP) is 4.91. The van der Waals surface area contributed by atoms with Crippen molar-refractivity contribution in [1.82, 2.24) is 0 Å². The largest absolute Gasteiger partial charge is 0.396 e. The molecule has 1 nitrogen and oxygen atoms in total. The van der Waals surface area contributed by atoms with Crippen LogP contribution in [0.3, 0.4) is 0 Å². The van der Waals surface area contributed by atoms with Gasteiger partial charge in [0.05, 0.1) is 10.0 Å². The van der Waals surface area contributed by atoms with Crippen LogP contribution in [0.15, 0.2) is 12.1 Å². The van der Waals surface area contributed by atoms with Crippen molar-refractivity contribution in [3.05, 3.63) is 39.2 Å². The Morgan fingerprint density at radius 2 is 1.89 bits per heavy atom. The first-order chi connectivity index (χ1) is 8.84. The first kappa shape index (κ1) is 15.2. The third kappa shape index (κ3) is 3.45. The number of hydrogen-bond acceptors (Lipinski definition) is 1. The zero-order valence-corrected chi connectivity index (χ0v) is 13.3. The van der Waals surface area contributed by atoms with Crippen LogP contribution in [0.25, 0.3) is 0 Å². The molecule has 0 atom stereocenters. The Balaban J connectivity index is 2.46. The fourth-order valence-electron chi connectivity index (χ4n) is 2.72. The van der Waals surface area contributed by atoms with Gasteiger partial charge in [0.1, 0.15) is 0 Å². The molecular weight excluding hydrogens is 279 g/mol. The normalized spacial score (nSPS) is 16.2. The van der Waals surface area contributed by atoms with E-state index in [1.54, 1.807) is 0 Å². The Bertz CT molecular complexity index is 459. The lowest BCUT2D eigenvalue weighted by Gasteiger charge is -2.32. The molecule has 2 rings (SSSR count). The molecule has 0 amide bonds. The molecule has 1 aromatic rings. The molecule has 0 heterocycles. The molecule has 3 heteroatoms. The van der Waals surface area contributed by atoms with Crippen LogP contribution in [-0.4, -0.2) is 11.7 Å². The van der Waals surface area contributed by atoms with E-state index in [2.05, 4.69) is 26.8 Å². The summed E-state index contributed by atoms with van der Waals surface area (Å²) in [5.74, 6) is 2.04. The summed E-state index contributed by atoms with van der Waals surface area (Å²) in [5, 5.41) is 10.3. The summed E-state index contributed by atoms with van der Waals surface area (Å²) in [4.78, 5) is 0. The molecule has 1 fully saturated rings. The van der Waals surface area contributed by atoms with Gasteiger partial charge in [-0.2, -0.15) is 0 Å². The van der Waals surface area contributed by atoms with Gasteiger partial charge in [-0.1, -0.05) is 50.0 Å². The van der Waals surface area contributed by atoms with Crippen molar-refractivity contribution >= 4 is 23.2 Å². The zero-order valence-electron chi connectivity index (χ0n) is 11.8. The zero-order chi connectivity index (χ0) is 14.2. The third-order valence-electron chi connectivity index (χ3n) is 3.57. The summed E-state index contributed by atoms with van der Waals surface area (Å²) in [5.41, 5.74) is 2.22. The van der Waals surface area contributed by atoms with Crippen molar-refractivity contribution in [3.63, 3.8) is 0 Å². The third-order valence-corrected chi connectivity index (χ3v) is 4.37. The monoisotopic (exact) mass is 299 g/mol. The Kier molecular flexibility index (Phi) is 4.49. The first-order valence-corrected chi connectivity index (χ1v) is 7.56. The summed E-state index contributed by atoms with van der Waals surface area (Å²) in [6.07, 6.45) is 3.10. The Labute approximate surface area is 125 Å². The molecule has 0 bridgehead atoms. The lowest BCUT2D eigenvalue weighted by Crippen LogP contribution is -2.22. The van der Waals surface area contributed by atoms with Gasteiger partial charge >= 0.3 is 0 Å². The van der Waals surface area contributed by atoms with E-state index in [4.69, 9.17) is 28.3 Å². The van der Waals surface area contributed by atoms with Crippen LogP contribution in [0.2, 0.25) is 10.0 Å². The van der Waals surface area contributed by atoms with Crippen LogP contribution in [0, 0.1) is 17.3 Å². The molecule has 1 radical (unpaired) electrons. The van der Waals surface area contributed by atoms with E-state index in [-0.39, 0.29) is 12.0 Å². The predicted molar refractivity (Wildman–Crippen MR) is 81.8 cm³/mol. The van der Waals surface area contributed by atoms with E-state index in [1.807, 2.05) is 6.07 Å². The molecule has 1 aliphatic rings. The average Bonchev–Trinajstić information content (AvgIpc) is 3.08. The van der Waals surface area contributed by atoms with Gasteiger partial charge in [0, 0.05) is 12.5 Å². The quantitative estimate of drug-likeness (QED) is 0.838. The van der Waals surface area contributed by atoms with Crippen molar-refractivity contribution < 1.29 is 5.11 Å². The van der Waals surface area contributed by atoms with Crippen molar-refractivity contribution in [2.75, 3.05) is 6.61 Å². The highest BCUT2D eigenvalue weighted by molar-refractivity contribution is 6.42.